The van der Waals surface area contributed by atoms with Gasteiger partial charge in [-0.05, 0) is 31.0 Å². The van der Waals surface area contributed by atoms with Gasteiger partial charge < -0.3 is 5.73 Å². The highest BCUT2D eigenvalue weighted by Crippen LogP contribution is 2.28. The zero-order chi connectivity index (χ0) is 15.3. The molecule has 0 atom stereocenters. The number of hydrogen-bond donors (Lipinski definition) is 2. The van der Waals surface area contributed by atoms with E-state index in [9.17, 15) is 8.42 Å². The van der Waals surface area contributed by atoms with E-state index in [2.05, 4.69) is 16.6 Å². The number of rotatable bonds is 3. The van der Waals surface area contributed by atoms with Gasteiger partial charge in [0.05, 0.1) is 22.5 Å². The summed E-state index contributed by atoms with van der Waals surface area (Å²) in [7, 11) is -3.40. The Kier molecular flexibility index (Phi) is 5.51. The Morgan fingerprint density at radius 1 is 1.29 bits per heavy atom. The van der Waals surface area contributed by atoms with Crippen molar-refractivity contribution in [1.29, 1.82) is 0 Å². The van der Waals surface area contributed by atoms with Crippen molar-refractivity contribution in [1.82, 2.24) is 0 Å². The van der Waals surface area contributed by atoms with Gasteiger partial charge in [-0.1, -0.05) is 42.7 Å². The first-order valence-electron chi connectivity index (χ1n) is 7.03. The highest BCUT2D eigenvalue weighted by Gasteiger charge is 2.27. The number of hydrogen-bond acceptors (Lipinski definition) is 3. The molecule has 0 aromatic heterocycles. The van der Waals surface area contributed by atoms with Crippen molar-refractivity contribution >= 4 is 27.3 Å². The molecule has 0 radical (unpaired) electrons. The molecule has 1 aliphatic carbocycles. The van der Waals surface area contributed by atoms with Gasteiger partial charge in [0.1, 0.15) is 0 Å². The van der Waals surface area contributed by atoms with E-state index in [0.29, 0.717) is 29.1 Å². The van der Waals surface area contributed by atoms with Gasteiger partial charge >= 0.3 is 0 Å². The fourth-order valence-electron chi connectivity index (χ4n) is 2.45. The molecule has 0 amide bonds. The Bertz CT molecular complexity index is 656. The zero-order valence-corrected chi connectivity index (χ0v) is 13.3. The molecule has 1 fully saturated rings. The van der Waals surface area contributed by atoms with Gasteiger partial charge in [0.15, 0.2) is 0 Å². The van der Waals surface area contributed by atoms with Crippen LogP contribution in [-0.4, -0.2) is 20.2 Å². The summed E-state index contributed by atoms with van der Waals surface area (Å²) in [5.41, 5.74) is 6.40. The smallest absolute Gasteiger partial charge is 0.235 e. The third kappa shape index (κ3) is 4.37. The molecule has 0 heterocycles. The lowest BCUT2D eigenvalue weighted by atomic mass is 10.0. The fourth-order valence-corrected chi connectivity index (χ4v) is 4.26. The number of benzene rings is 1. The average Bonchev–Trinajstić information content (AvgIpc) is 2.49. The summed E-state index contributed by atoms with van der Waals surface area (Å²) in [5, 5.41) is 0.0359. The van der Waals surface area contributed by atoms with Crippen molar-refractivity contribution < 1.29 is 8.42 Å². The van der Waals surface area contributed by atoms with Crippen molar-refractivity contribution in [3.63, 3.8) is 0 Å². The summed E-state index contributed by atoms with van der Waals surface area (Å²) in [5.74, 6) is 5.60. The Morgan fingerprint density at radius 2 is 2.00 bits per heavy atom. The Balaban J connectivity index is 2.21. The normalized spacial score (nSPS) is 16.1. The molecular formula is C15H19ClN2O2S. The number of sulfonamides is 1. The van der Waals surface area contributed by atoms with Crippen LogP contribution in [0.5, 0.6) is 0 Å². The van der Waals surface area contributed by atoms with Crippen LogP contribution in [0.2, 0.25) is 5.02 Å². The summed E-state index contributed by atoms with van der Waals surface area (Å²) >= 11 is 6.08. The SMILES string of the molecule is NCC#Cc1ccc(Cl)c(NS(=O)(=O)C2CCCCC2)c1. The lowest BCUT2D eigenvalue weighted by Gasteiger charge is -2.22. The van der Waals surface area contributed by atoms with Gasteiger partial charge in [-0.2, -0.15) is 0 Å². The first kappa shape index (κ1) is 16.2. The van der Waals surface area contributed by atoms with Crippen LogP contribution in [0, 0.1) is 11.8 Å². The second-order valence-corrected chi connectivity index (χ2v) is 7.48. The van der Waals surface area contributed by atoms with E-state index >= 15 is 0 Å². The molecule has 4 nitrogen and oxygen atoms in total. The van der Waals surface area contributed by atoms with E-state index in [1.807, 2.05) is 0 Å². The Morgan fingerprint density at radius 3 is 2.67 bits per heavy atom. The molecule has 0 bridgehead atoms. The predicted molar refractivity (Wildman–Crippen MR) is 86.8 cm³/mol. The van der Waals surface area contributed by atoms with Gasteiger partial charge in [0, 0.05) is 5.56 Å². The second kappa shape index (κ2) is 7.17. The molecule has 0 saturated heterocycles. The lowest BCUT2D eigenvalue weighted by Crippen LogP contribution is -2.29. The molecule has 0 aliphatic heterocycles. The minimum atomic E-state index is -3.40. The van der Waals surface area contributed by atoms with Gasteiger partial charge in [-0.25, -0.2) is 8.42 Å². The molecule has 0 spiro atoms. The van der Waals surface area contributed by atoms with Gasteiger partial charge in [0.25, 0.3) is 0 Å². The van der Waals surface area contributed by atoms with Crippen LogP contribution in [0.3, 0.4) is 0 Å². The van der Waals surface area contributed by atoms with Crippen LogP contribution >= 0.6 is 11.6 Å². The van der Waals surface area contributed by atoms with E-state index in [-0.39, 0.29) is 11.8 Å². The topological polar surface area (TPSA) is 72.2 Å². The third-order valence-corrected chi connectivity index (χ3v) is 5.73. The van der Waals surface area contributed by atoms with Crippen LogP contribution in [0.1, 0.15) is 37.7 Å². The van der Waals surface area contributed by atoms with Crippen molar-refractivity contribution in [3.05, 3.63) is 28.8 Å². The summed E-state index contributed by atoms with van der Waals surface area (Å²) in [6, 6.07) is 5.02. The molecule has 0 unspecified atom stereocenters. The van der Waals surface area contributed by atoms with E-state index in [4.69, 9.17) is 17.3 Å². The first-order valence-corrected chi connectivity index (χ1v) is 8.95. The standard InChI is InChI=1S/C15H19ClN2O2S/c16-14-9-8-12(5-4-10-17)11-15(14)18-21(19,20)13-6-2-1-3-7-13/h8-9,11,13,18H,1-3,6-7,10,17H2. The molecule has 114 valence electrons. The zero-order valence-electron chi connectivity index (χ0n) is 11.7. The van der Waals surface area contributed by atoms with Crippen molar-refractivity contribution in [3.8, 4) is 11.8 Å². The molecule has 1 aliphatic rings. The predicted octanol–water partition coefficient (Wildman–Crippen LogP) is 2.72. The maximum atomic E-state index is 12.4. The number of nitrogens with two attached hydrogens (primary N) is 1. The third-order valence-electron chi connectivity index (χ3n) is 3.54. The van der Waals surface area contributed by atoms with E-state index < -0.39 is 10.0 Å². The van der Waals surface area contributed by atoms with Crippen LogP contribution < -0.4 is 10.5 Å². The van der Waals surface area contributed by atoms with Crippen molar-refractivity contribution in [2.24, 2.45) is 5.73 Å². The van der Waals surface area contributed by atoms with Crippen LogP contribution in [0.25, 0.3) is 0 Å². The number of anilines is 1. The number of halogens is 1. The summed E-state index contributed by atoms with van der Waals surface area (Å²) in [4.78, 5) is 0. The second-order valence-electron chi connectivity index (χ2n) is 5.11. The molecule has 21 heavy (non-hydrogen) atoms. The first-order chi connectivity index (χ1) is 10.0. The van der Waals surface area contributed by atoms with E-state index in [0.717, 1.165) is 19.3 Å². The molecule has 3 N–H and O–H groups in total. The molecule has 2 rings (SSSR count). The summed E-state index contributed by atoms with van der Waals surface area (Å²) in [6.45, 7) is 0.256. The lowest BCUT2D eigenvalue weighted by molar-refractivity contribution is 0.486. The van der Waals surface area contributed by atoms with E-state index in [1.165, 1.54) is 0 Å². The average molecular weight is 327 g/mol. The molecule has 1 aromatic carbocycles. The van der Waals surface area contributed by atoms with Gasteiger partial charge in [0.2, 0.25) is 10.0 Å². The molecule has 1 aromatic rings. The van der Waals surface area contributed by atoms with Crippen LogP contribution in [0.15, 0.2) is 18.2 Å². The highest BCUT2D eigenvalue weighted by molar-refractivity contribution is 7.93. The van der Waals surface area contributed by atoms with Gasteiger partial charge in [-0.3, -0.25) is 4.72 Å². The van der Waals surface area contributed by atoms with Crippen LogP contribution in [0.4, 0.5) is 5.69 Å². The quantitative estimate of drug-likeness (QED) is 0.839. The van der Waals surface area contributed by atoms with Gasteiger partial charge in [-0.15, -0.1) is 0 Å². The monoisotopic (exact) mass is 326 g/mol. The maximum Gasteiger partial charge on any atom is 0.235 e. The fraction of sp³-hybridized carbons (Fsp3) is 0.467. The minimum Gasteiger partial charge on any atom is -0.320 e. The maximum absolute atomic E-state index is 12.4. The largest absolute Gasteiger partial charge is 0.320 e. The van der Waals surface area contributed by atoms with E-state index in [1.54, 1.807) is 18.2 Å². The molecular weight excluding hydrogens is 308 g/mol. The molecule has 6 heteroatoms. The Hall–Kier alpha value is -1.22. The summed E-state index contributed by atoms with van der Waals surface area (Å²) in [6.07, 6.45) is 4.44. The minimum absolute atomic E-state index is 0.256. The van der Waals surface area contributed by atoms with Crippen molar-refractivity contribution in [2.75, 3.05) is 11.3 Å². The Labute approximate surface area is 131 Å². The van der Waals surface area contributed by atoms with Crippen molar-refractivity contribution in [2.45, 2.75) is 37.4 Å². The summed E-state index contributed by atoms with van der Waals surface area (Å²) < 4.78 is 27.4. The molecule has 1 saturated carbocycles. The van der Waals surface area contributed by atoms with Crippen LogP contribution in [-0.2, 0) is 10.0 Å². The highest BCUT2D eigenvalue weighted by atomic mass is 35.5. The number of nitrogens with one attached hydrogen (secondary N) is 1.